The maximum atomic E-state index is 2.98. The van der Waals surface area contributed by atoms with E-state index in [4.69, 9.17) is 0 Å². The fourth-order valence-corrected chi connectivity index (χ4v) is 0. The smallest absolute Gasteiger partial charge is 1.00 e. The molecule has 0 amide bonds. The molecule has 0 rings (SSSR count). The molecule has 0 aliphatic rings. The molecular weight excluding hydrogens is 187 g/mol. The van der Waals surface area contributed by atoms with E-state index in [1.165, 1.54) is 0 Å². The van der Waals surface area contributed by atoms with Gasteiger partial charge in [0.1, 0.15) is 0 Å². The van der Waals surface area contributed by atoms with Crippen molar-refractivity contribution in [3.05, 3.63) is 0 Å². The molecule has 0 aromatic heterocycles. The fraction of sp³-hybridized carbons (Fsp3) is 1.00. The minimum atomic E-state index is 0. The summed E-state index contributed by atoms with van der Waals surface area (Å²) in [5, 5.41) is 0. The summed E-state index contributed by atoms with van der Waals surface area (Å²) in [7, 11) is 0. The third-order valence-electron chi connectivity index (χ3n) is 0. The van der Waals surface area contributed by atoms with Gasteiger partial charge in [-0.15, -0.1) is 0 Å². The Hall–Kier alpha value is 1.58. The van der Waals surface area contributed by atoms with Gasteiger partial charge >= 0.3 is 64.2 Å². The van der Waals surface area contributed by atoms with Crippen molar-refractivity contribution < 1.29 is 12.4 Å². The van der Waals surface area contributed by atoms with Crippen LogP contribution < -0.4 is 12.4 Å². The normalized spacial score (nSPS) is 8.57. The number of rotatable bonds is 0. The minimum Gasteiger partial charge on any atom is -1.00 e. The van der Waals surface area contributed by atoms with Crippen LogP contribution in [-0.4, -0.2) is 39.1 Å². The number of hydrogen-bond acceptors (Lipinski definition) is 0. The van der Waals surface area contributed by atoms with E-state index in [0.29, 0.717) is 4.31 Å². The number of hydrogen-bond donors (Lipinski definition) is 0. The van der Waals surface area contributed by atoms with Crippen molar-refractivity contribution in [2.75, 3.05) is 0 Å². The van der Waals surface area contributed by atoms with Gasteiger partial charge in [0.2, 0.25) is 0 Å². The zero-order chi connectivity index (χ0) is 4.50. The zero-order valence-corrected chi connectivity index (χ0v) is 8.88. The van der Waals surface area contributed by atoms with Crippen LogP contribution in [0, 0.1) is 0 Å². The Morgan fingerprint density at radius 2 is 1.14 bits per heavy atom. The summed E-state index contributed by atoms with van der Waals surface area (Å²) in [5.41, 5.74) is 0. The van der Waals surface area contributed by atoms with Crippen LogP contribution in [0.2, 0.25) is 4.31 Å². The first-order chi connectivity index (χ1) is 2.00. The molecule has 40 valence electrons. The van der Waals surface area contributed by atoms with Crippen LogP contribution in [0.4, 0.5) is 0 Å². The standard InChI is InChI=1S/C4H10Se.ClH.Mg/c1-4(2,3)5;;/h5H,1-3H3;1H;/q;;+2/p-2. The van der Waals surface area contributed by atoms with Gasteiger partial charge in [-0.1, -0.05) is 0 Å². The predicted molar refractivity (Wildman–Crippen MR) is 31.2 cm³/mol. The van der Waals surface area contributed by atoms with Crippen LogP contribution in [-0.2, 0) is 0 Å². The van der Waals surface area contributed by atoms with E-state index >= 15 is 0 Å². The summed E-state index contributed by atoms with van der Waals surface area (Å²) >= 11 is 2.98. The average molecular weight is 196 g/mol. The topological polar surface area (TPSA) is 0 Å². The molecule has 0 spiro atoms. The first-order valence-electron chi connectivity index (χ1n) is 1.70. The van der Waals surface area contributed by atoms with Gasteiger partial charge < -0.3 is 12.4 Å². The van der Waals surface area contributed by atoms with Crippen molar-refractivity contribution in [1.29, 1.82) is 0 Å². The second-order valence-electron chi connectivity index (χ2n) is 2.11. The van der Waals surface area contributed by atoms with Gasteiger partial charge in [0, 0.05) is 0 Å². The van der Waals surface area contributed by atoms with E-state index < -0.39 is 0 Å². The quantitative estimate of drug-likeness (QED) is 0.393. The SMILES string of the molecule is CC(C)(C)[Se-].[Cl-].[Mg+2]. The van der Waals surface area contributed by atoms with Gasteiger partial charge in [-0.3, -0.25) is 0 Å². The Labute approximate surface area is 76.2 Å². The van der Waals surface area contributed by atoms with Crippen molar-refractivity contribution >= 4 is 39.1 Å². The van der Waals surface area contributed by atoms with E-state index in [1.54, 1.807) is 0 Å². The summed E-state index contributed by atoms with van der Waals surface area (Å²) < 4.78 is 0.375. The maximum Gasteiger partial charge on any atom is 2.00 e. The molecule has 0 unspecified atom stereocenters. The molecule has 0 fully saturated rings. The molecule has 0 bridgehead atoms. The van der Waals surface area contributed by atoms with Crippen LogP contribution in [0.25, 0.3) is 0 Å². The zero-order valence-electron chi connectivity index (χ0n) is 4.99. The summed E-state index contributed by atoms with van der Waals surface area (Å²) in [6, 6.07) is 0. The van der Waals surface area contributed by atoms with E-state index in [2.05, 4.69) is 36.8 Å². The van der Waals surface area contributed by atoms with Crippen LogP contribution in [0.1, 0.15) is 20.8 Å². The van der Waals surface area contributed by atoms with Crippen molar-refractivity contribution in [2.24, 2.45) is 0 Å². The third-order valence-corrected chi connectivity index (χ3v) is 0. The average Bonchev–Trinajstić information content (AvgIpc) is 0.722. The van der Waals surface area contributed by atoms with E-state index in [1.807, 2.05) is 0 Å². The van der Waals surface area contributed by atoms with Crippen molar-refractivity contribution in [1.82, 2.24) is 0 Å². The van der Waals surface area contributed by atoms with Gasteiger partial charge in [0.05, 0.1) is 0 Å². The van der Waals surface area contributed by atoms with E-state index in [9.17, 15) is 0 Å². The van der Waals surface area contributed by atoms with Crippen LogP contribution in [0.3, 0.4) is 0 Å². The maximum absolute atomic E-state index is 2.98. The van der Waals surface area contributed by atoms with Crippen molar-refractivity contribution in [3.63, 3.8) is 0 Å². The Kier molecular flexibility index (Phi) is 12.9. The molecule has 0 nitrogen and oxygen atoms in total. The molecular formula is C4H9ClMgSe. The molecule has 0 heterocycles. The summed E-state index contributed by atoms with van der Waals surface area (Å²) in [6.07, 6.45) is 0. The first kappa shape index (κ1) is 15.8. The molecule has 0 saturated heterocycles. The van der Waals surface area contributed by atoms with Gasteiger partial charge in [-0.25, -0.2) is 0 Å². The van der Waals surface area contributed by atoms with Gasteiger partial charge in [-0.2, -0.15) is 0 Å². The van der Waals surface area contributed by atoms with Gasteiger partial charge in [0.25, 0.3) is 0 Å². The molecule has 0 aromatic rings. The monoisotopic (exact) mass is 196 g/mol. The molecule has 0 aromatic carbocycles. The number of halogens is 1. The second-order valence-corrected chi connectivity index (χ2v) is 4.68. The van der Waals surface area contributed by atoms with Crippen molar-refractivity contribution in [3.8, 4) is 0 Å². The molecule has 0 atom stereocenters. The summed E-state index contributed by atoms with van der Waals surface area (Å²) in [6.45, 7) is 6.40. The van der Waals surface area contributed by atoms with Crippen molar-refractivity contribution in [2.45, 2.75) is 25.1 Å². The molecule has 3 heteroatoms. The predicted octanol–water partition coefficient (Wildman–Crippen LogP) is -2.00. The van der Waals surface area contributed by atoms with Gasteiger partial charge in [-0.05, 0) is 0 Å². The Bertz CT molecular complexity index is 27.2. The molecule has 0 N–H and O–H groups in total. The second kappa shape index (κ2) is 5.71. The van der Waals surface area contributed by atoms with Crippen LogP contribution in [0.15, 0.2) is 0 Å². The molecule has 0 radical (unpaired) electrons. The minimum absolute atomic E-state index is 0. The summed E-state index contributed by atoms with van der Waals surface area (Å²) in [5.74, 6) is 0. The molecule has 7 heavy (non-hydrogen) atoms. The Morgan fingerprint density at radius 1 is 1.14 bits per heavy atom. The van der Waals surface area contributed by atoms with Gasteiger partial charge in [0.15, 0.2) is 0 Å². The first-order valence-corrected chi connectivity index (χ1v) is 2.56. The van der Waals surface area contributed by atoms with E-state index in [-0.39, 0.29) is 35.5 Å². The Morgan fingerprint density at radius 3 is 1.14 bits per heavy atom. The largest absolute Gasteiger partial charge is 2.00 e. The molecule has 0 aliphatic carbocycles. The Balaban J connectivity index is -0.0000000800. The van der Waals surface area contributed by atoms with Crippen LogP contribution >= 0.6 is 0 Å². The molecule has 0 saturated carbocycles. The summed E-state index contributed by atoms with van der Waals surface area (Å²) in [4.78, 5) is 0. The van der Waals surface area contributed by atoms with E-state index in [0.717, 1.165) is 0 Å². The molecule has 0 aliphatic heterocycles. The fourth-order valence-electron chi connectivity index (χ4n) is 0. The van der Waals surface area contributed by atoms with Crippen LogP contribution in [0.5, 0.6) is 0 Å². The third kappa shape index (κ3) is 94.9.